The molecule has 22 heavy (non-hydrogen) atoms. The molecular formula is C12H30F2O6Si2. The summed E-state index contributed by atoms with van der Waals surface area (Å²) in [5.41, 5.74) is 0. The van der Waals surface area contributed by atoms with Crippen LogP contribution in [-0.4, -0.2) is 65.9 Å². The van der Waals surface area contributed by atoms with E-state index in [1.807, 2.05) is 20.8 Å². The number of halogens is 2. The summed E-state index contributed by atoms with van der Waals surface area (Å²) < 4.78 is 54.8. The second kappa shape index (κ2) is 15.9. The van der Waals surface area contributed by atoms with Gasteiger partial charge in [0.1, 0.15) is 0 Å². The minimum Gasteiger partial charge on any atom is -0.379 e. The van der Waals surface area contributed by atoms with Gasteiger partial charge < -0.3 is 26.6 Å². The summed E-state index contributed by atoms with van der Waals surface area (Å²) in [6, 6.07) is 0.181. The van der Waals surface area contributed by atoms with Crippen molar-refractivity contribution in [2.75, 3.05) is 41.2 Å². The maximum Gasteiger partial charge on any atom is 0.501 e. The molecule has 0 aliphatic heterocycles. The van der Waals surface area contributed by atoms with Crippen LogP contribution in [0.15, 0.2) is 0 Å². The molecule has 0 atom stereocenters. The van der Waals surface area contributed by atoms with Gasteiger partial charge in [-0.1, -0.05) is 0 Å². The molecule has 0 aliphatic rings. The van der Waals surface area contributed by atoms with Crippen LogP contribution in [0, 0.1) is 0 Å². The van der Waals surface area contributed by atoms with Crippen molar-refractivity contribution in [1.29, 1.82) is 0 Å². The minimum atomic E-state index is -2.84. The van der Waals surface area contributed by atoms with Gasteiger partial charge in [0, 0.05) is 53.6 Å². The molecule has 0 amide bonds. The van der Waals surface area contributed by atoms with Crippen LogP contribution >= 0.6 is 0 Å². The standard InChI is InChI=1S/C9H20F2O3Si.C3H10O3Si/c1-4-12-15(13-5-2,14-6-3)8-7-9(10)11;1-4-7(5-2)6-3/h9H,4-8H2,1-3H3;7H,1-3H3. The molecule has 0 heterocycles. The van der Waals surface area contributed by atoms with Gasteiger partial charge in [0.25, 0.3) is 0 Å². The van der Waals surface area contributed by atoms with Crippen LogP contribution in [0.1, 0.15) is 27.2 Å². The molecular weight excluding hydrogens is 334 g/mol. The Hall–Kier alpha value is 0.0538. The van der Waals surface area contributed by atoms with Crippen molar-refractivity contribution in [3.8, 4) is 0 Å². The van der Waals surface area contributed by atoms with Crippen LogP contribution in [0.3, 0.4) is 0 Å². The Morgan fingerprint density at radius 1 is 0.818 bits per heavy atom. The molecule has 6 nitrogen and oxygen atoms in total. The highest BCUT2D eigenvalue weighted by Crippen LogP contribution is 2.20. The van der Waals surface area contributed by atoms with E-state index in [1.165, 1.54) is 0 Å². The van der Waals surface area contributed by atoms with E-state index in [4.69, 9.17) is 26.6 Å². The largest absolute Gasteiger partial charge is 0.501 e. The lowest BCUT2D eigenvalue weighted by Crippen LogP contribution is -2.46. The molecule has 0 aromatic rings. The summed E-state index contributed by atoms with van der Waals surface area (Å²) in [6.07, 6.45) is -2.56. The van der Waals surface area contributed by atoms with Crippen molar-refractivity contribution in [3.63, 3.8) is 0 Å². The number of hydrogen-bond donors (Lipinski definition) is 0. The fourth-order valence-corrected chi connectivity index (χ4v) is 4.73. The first-order valence-electron chi connectivity index (χ1n) is 7.23. The lowest BCUT2D eigenvalue weighted by molar-refractivity contribution is 0.0620. The van der Waals surface area contributed by atoms with Crippen molar-refractivity contribution < 1.29 is 35.3 Å². The minimum absolute atomic E-state index is 0.181. The van der Waals surface area contributed by atoms with Gasteiger partial charge in [-0.05, 0) is 20.8 Å². The molecule has 0 saturated heterocycles. The van der Waals surface area contributed by atoms with Gasteiger partial charge in [-0.15, -0.1) is 0 Å². The predicted molar refractivity (Wildman–Crippen MR) is 84.2 cm³/mol. The van der Waals surface area contributed by atoms with Gasteiger partial charge in [-0.2, -0.15) is 0 Å². The van der Waals surface area contributed by atoms with Crippen LogP contribution in [0.5, 0.6) is 0 Å². The summed E-state index contributed by atoms with van der Waals surface area (Å²) in [5, 5.41) is 0. The zero-order valence-electron chi connectivity index (χ0n) is 14.4. The van der Waals surface area contributed by atoms with E-state index < -0.39 is 24.8 Å². The molecule has 0 saturated carbocycles. The van der Waals surface area contributed by atoms with Gasteiger partial charge in [-0.25, -0.2) is 8.78 Å². The zero-order valence-corrected chi connectivity index (χ0v) is 16.6. The fraction of sp³-hybridized carbons (Fsp3) is 1.00. The summed E-state index contributed by atoms with van der Waals surface area (Å²) in [5.74, 6) is 0. The van der Waals surface area contributed by atoms with Crippen LogP contribution in [0.25, 0.3) is 0 Å². The third kappa shape index (κ3) is 12.6. The van der Waals surface area contributed by atoms with Crippen molar-refractivity contribution in [2.24, 2.45) is 0 Å². The van der Waals surface area contributed by atoms with Crippen molar-refractivity contribution in [1.82, 2.24) is 0 Å². The molecule has 0 rings (SSSR count). The van der Waals surface area contributed by atoms with Crippen molar-refractivity contribution in [2.45, 2.75) is 39.7 Å². The van der Waals surface area contributed by atoms with Crippen LogP contribution in [0.2, 0.25) is 6.04 Å². The first-order valence-corrected chi connectivity index (χ1v) is 10.6. The average molecular weight is 365 g/mol. The first kappa shape index (κ1) is 24.3. The third-order valence-electron chi connectivity index (χ3n) is 2.34. The first-order chi connectivity index (χ1) is 10.4. The average Bonchev–Trinajstić information content (AvgIpc) is 2.48. The third-order valence-corrected chi connectivity index (χ3v) is 6.58. The molecule has 0 aliphatic carbocycles. The van der Waals surface area contributed by atoms with Crippen LogP contribution in [-0.2, 0) is 26.6 Å². The highest BCUT2D eigenvalue weighted by molar-refractivity contribution is 6.60. The summed E-state index contributed by atoms with van der Waals surface area (Å²) >= 11 is 0. The maximum atomic E-state index is 12.1. The molecule has 0 aromatic heterocycles. The molecule has 0 fully saturated rings. The van der Waals surface area contributed by atoms with Crippen LogP contribution < -0.4 is 0 Å². The van der Waals surface area contributed by atoms with Crippen LogP contribution in [0.4, 0.5) is 8.78 Å². The Bertz CT molecular complexity index is 213. The highest BCUT2D eigenvalue weighted by atomic mass is 28.4. The summed E-state index contributed by atoms with van der Waals surface area (Å²) in [4.78, 5) is 0. The van der Waals surface area contributed by atoms with E-state index in [2.05, 4.69) is 0 Å². The molecule has 0 aromatic carbocycles. The molecule has 0 radical (unpaired) electrons. The topological polar surface area (TPSA) is 55.4 Å². The number of alkyl halides is 2. The van der Waals surface area contributed by atoms with E-state index in [-0.39, 0.29) is 12.5 Å². The van der Waals surface area contributed by atoms with E-state index in [9.17, 15) is 8.78 Å². The molecule has 136 valence electrons. The van der Waals surface area contributed by atoms with E-state index in [0.29, 0.717) is 19.8 Å². The van der Waals surface area contributed by atoms with E-state index in [1.54, 1.807) is 21.3 Å². The van der Waals surface area contributed by atoms with Gasteiger partial charge in [0.15, 0.2) is 0 Å². The lowest BCUT2D eigenvalue weighted by atomic mass is 10.5. The molecule has 0 unspecified atom stereocenters. The second-order valence-electron chi connectivity index (χ2n) is 3.91. The number of rotatable bonds is 12. The molecule has 0 bridgehead atoms. The van der Waals surface area contributed by atoms with E-state index in [0.717, 1.165) is 0 Å². The van der Waals surface area contributed by atoms with E-state index >= 15 is 0 Å². The van der Waals surface area contributed by atoms with Gasteiger partial charge in [0.05, 0.1) is 0 Å². The molecule has 0 spiro atoms. The lowest BCUT2D eigenvalue weighted by Gasteiger charge is -2.28. The summed E-state index contributed by atoms with van der Waals surface area (Å²) in [7, 11) is 0.210. The Kier molecular flexibility index (Phi) is 17.6. The van der Waals surface area contributed by atoms with Gasteiger partial charge >= 0.3 is 18.3 Å². The quantitative estimate of drug-likeness (QED) is 0.496. The smallest absolute Gasteiger partial charge is 0.379 e. The van der Waals surface area contributed by atoms with Crippen molar-refractivity contribution in [3.05, 3.63) is 0 Å². The highest BCUT2D eigenvalue weighted by Gasteiger charge is 2.40. The van der Waals surface area contributed by atoms with Gasteiger partial charge in [-0.3, -0.25) is 0 Å². The fourth-order valence-electron chi connectivity index (χ4n) is 1.58. The zero-order chi connectivity index (χ0) is 17.4. The normalized spacial score (nSPS) is 11.7. The Morgan fingerprint density at radius 2 is 1.18 bits per heavy atom. The Morgan fingerprint density at radius 3 is 1.36 bits per heavy atom. The van der Waals surface area contributed by atoms with Crippen molar-refractivity contribution >= 4 is 18.3 Å². The second-order valence-corrected chi connectivity index (χ2v) is 8.63. The summed E-state index contributed by atoms with van der Waals surface area (Å²) in [6.45, 7) is 6.70. The Balaban J connectivity index is 0. The number of hydrogen-bond acceptors (Lipinski definition) is 6. The SMILES string of the molecule is CCO[Si](CCC(F)F)(OCC)OCC.CO[SiH](OC)OC. The monoisotopic (exact) mass is 364 g/mol. The molecule has 0 N–H and O–H groups in total. The predicted octanol–water partition coefficient (Wildman–Crippen LogP) is 2.33. The molecule has 10 heteroatoms. The maximum absolute atomic E-state index is 12.1. The Labute approximate surface area is 135 Å². The van der Waals surface area contributed by atoms with Gasteiger partial charge in [0.2, 0.25) is 6.43 Å².